The van der Waals surface area contributed by atoms with E-state index in [1.165, 1.54) is 30.0 Å². The van der Waals surface area contributed by atoms with Crippen molar-refractivity contribution in [2.24, 2.45) is 0 Å². The van der Waals surface area contributed by atoms with Crippen molar-refractivity contribution in [1.29, 1.82) is 0 Å². The van der Waals surface area contributed by atoms with Crippen LogP contribution in [0.1, 0.15) is 22.8 Å². The molecule has 3 aromatic carbocycles. The summed E-state index contributed by atoms with van der Waals surface area (Å²) < 4.78 is 35.3. The Kier molecular flexibility index (Phi) is 6.39. The Morgan fingerprint density at radius 1 is 1.06 bits per heavy atom. The van der Waals surface area contributed by atoms with E-state index in [1.54, 1.807) is 36.4 Å². The van der Waals surface area contributed by atoms with Gasteiger partial charge in [0.25, 0.3) is 5.91 Å². The van der Waals surface area contributed by atoms with E-state index in [1.807, 2.05) is 19.1 Å². The van der Waals surface area contributed by atoms with Gasteiger partial charge in [-0.1, -0.05) is 18.2 Å². The molecule has 1 unspecified atom stereocenters. The number of carbonyl (C=O) groups is 2. The monoisotopic (exact) mass is 485 g/mol. The maximum absolute atomic E-state index is 13.2. The molecule has 1 aliphatic heterocycles. The molecule has 170 valence electrons. The van der Waals surface area contributed by atoms with E-state index >= 15 is 0 Å². The van der Waals surface area contributed by atoms with Gasteiger partial charge in [0.1, 0.15) is 4.90 Å². The van der Waals surface area contributed by atoms with Crippen LogP contribution in [0.2, 0.25) is 0 Å². The summed E-state index contributed by atoms with van der Waals surface area (Å²) in [7, 11) is -4.78. The summed E-state index contributed by atoms with van der Waals surface area (Å²) in [6.45, 7) is 2.16. The lowest BCUT2D eigenvalue weighted by molar-refractivity contribution is -0.115. The molecule has 2 amide bonds. The Morgan fingerprint density at radius 3 is 2.61 bits per heavy atom. The first-order valence-corrected chi connectivity index (χ1v) is 12.3. The van der Waals surface area contributed by atoms with E-state index in [-0.39, 0.29) is 17.1 Å². The minimum absolute atomic E-state index is 0.0973. The lowest BCUT2D eigenvalue weighted by Gasteiger charge is -2.21. The van der Waals surface area contributed by atoms with Gasteiger partial charge in [-0.3, -0.25) is 9.59 Å². The van der Waals surface area contributed by atoms with E-state index in [9.17, 15) is 21.9 Å². The molecule has 3 N–H and O–H groups in total. The van der Waals surface area contributed by atoms with E-state index in [4.69, 9.17) is 0 Å². The smallest absolute Gasteiger partial charge is 0.332 e. The second-order valence-electron chi connectivity index (χ2n) is 7.43. The van der Waals surface area contributed by atoms with Gasteiger partial charge in [0.05, 0.1) is 10.9 Å². The molecular weight excluding hydrogens is 465 g/mol. The van der Waals surface area contributed by atoms with Gasteiger partial charge < -0.3 is 16.0 Å². The number of anilines is 3. The molecule has 0 fully saturated rings. The molecular formula is C23H20FN3O4S2. The molecule has 1 aliphatic rings. The van der Waals surface area contributed by atoms with Crippen LogP contribution in [0.3, 0.4) is 0 Å². The second kappa shape index (κ2) is 9.24. The molecule has 1 atom stereocenters. The molecule has 1 heterocycles. The third-order valence-corrected chi connectivity index (χ3v) is 6.96. The van der Waals surface area contributed by atoms with Crippen molar-refractivity contribution in [3.63, 3.8) is 0 Å². The molecule has 4 rings (SSSR count). The molecule has 33 heavy (non-hydrogen) atoms. The van der Waals surface area contributed by atoms with Crippen molar-refractivity contribution in [1.82, 2.24) is 0 Å². The van der Waals surface area contributed by atoms with Crippen molar-refractivity contribution in [3.8, 4) is 0 Å². The lowest BCUT2D eigenvalue weighted by Crippen LogP contribution is -2.26. The van der Waals surface area contributed by atoms with Crippen molar-refractivity contribution >= 4 is 50.9 Å². The van der Waals surface area contributed by atoms with Gasteiger partial charge in [0, 0.05) is 28.4 Å². The van der Waals surface area contributed by atoms with Gasteiger partial charge in [0.2, 0.25) is 5.91 Å². The summed E-state index contributed by atoms with van der Waals surface area (Å²) in [5.41, 5.74) is 2.88. The topological polar surface area (TPSA) is 104 Å². The molecule has 0 aromatic heterocycles. The summed E-state index contributed by atoms with van der Waals surface area (Å²) in [6, 6.07) is 17.8. The fourth-order valence-corrected chi connectivity index (χ4v) is 4.71. The number of amides is 2. The highest BCUT2D eigenvalue weighted by Gasteiger charge is 2.23. The molecule has 10 heteroatoms. The highest BCUT2D eigenvalue weighted by molar-refractivity contribution is 8.01. The summed E-state index contributed by atoms with van der Waals surface area (Å²) in [6.07, 6.45) is 0. The first-order valence-electron chi connectivity index (χ1n) is 9.99. The van der Waals surface area contributed by atoms with Gasteiger partial charge in [-0.15, -0.1) is 15.6 Å². The van der Waals surface area contributed by atoms with Gasteiger partial charge in [-0.05, 0) is 61.0 Å². The maximum atomic E-state index is 13.2. The average molecular weight is 486 g/mol. The van der Waals surface area contributed by atoms with Crippen molar-refractivity contribution in [2.45, 2.75) is 28.5 Å². The Bertz CT molecular complexity index is 1350. The van der Waals surface area contributed by atoms with Crippen LogP contribution in [0, 0.1) is 0 Å². The SMILES string of the molecule is CC1Sc2ccc(C(=O)Nc3cccc(CNc4cccc(S(=O)(=O)F)c4)c3)cc2NC1=O. The molecule has 7 nitrogen and oxygen atoms in total. The van der Waals surface area contributed by atoms with Gasteiger partial charge in [-0.2, -0.15) is 8.42 Å². The number of carbonyl (C=O) groups excluding carboxylic acids is 2. The van der Waals surface area contributed by atoms with E-state index in [0.717, 1.165) is 10.5 Å². The minimum Gasteiger partial charge on any atom is -0.381 e. The molecule has 0 spiro atoms. The average Bonchev–Trinajstić information content (AvgIpc) is 2.78. The lowest BCUT2D eigenvalue weighted by atomic mass is 10.1. The van der Waals surface area contributed by atoms with Gasteiger partial charge >= 0.3 is 10.2 Å². The van der Waals surface area contributed by atoms with Crippen molar-refractivity contribution in [3.05, 3.63) is 77.9 Å². The second-order valence-corrected chi connectivity index (χ2v) is 10.2. The zero-order valence-corrected chi connectivity index (χ0v) is 19.1. The van der Waals surface area contributed by atoms with Crippen LogP contribution in [0.5, 0.6) is 0 Å². The number of thioether (sulfide) groups is 1. The zero-order valence-electron chi connectivity index (χ0n) is 17.5. The molecule has 0 aliphatic carbocycles. The maximum Gasteiger partial charge on any atom is 0.332 e. The molecule has 0 radical (unpaired) electrons. The predicted molar refractivity (Wildman–Crippen MR) is 127 cm³/mol. The Balaban J connectivity index is 1.43. The normalized spacial score (nSPS) is 15.3. The number of hydrogen-bond donors (Lipinski definition) is 3. The Labute approximate surface area is 195 Å². The summed E-state index contributed by atoms with van der Waals surface area (Å²) >= 11 is 1.45. The standard InChI is InChI=1S/C23H20FN3O4S2/c1-14-22(28)27-20-11-16(8-9-21(20)32-14)23(29)26-18-6-2-4-15(10-18)13-25-17-5-3-7-19(12-17)33(24,30)31/h2-12,14,25H,13H2,1H3,(H,26,29)(H,27,28). The Morgan fingerprint density at radius 2 is 1.82 bits per heavy atom. The van der Waals surface area contributed by atoms with Crippen LogP contribution in [0.25, 0.3) is 0 Å². The number of nitrogens with one attached hydrogen (secondary N) is 3. The molecule has 0 saturated heterocycles. The Hall–Kier alpha value is -3.37. The highest BCUT2D eigenvalue weighted by atomic mass is 32.3. The molecule has 0 bridgehead atoms. The fraction of sp³-hybridized carbons (Fsp3) is 0.130. The minimum atomic E-state index is -4.78. The number of rotatable bonds is 6. The van der Waals surface area contributed by atoms with Crippen LogP contribution < -0.4 is 16.0 Å². The van der Waals surface area contributed by atoms with Crippen LogP contribution in [0.4, 0.5) is 20.9 Å². The largest absolute Gasteiger partial charge is 0.381 e. The zero-order chi connectivity index (χ0) is 23.6. The first-order chi connectivity index (χ1) is 15.7. The fourth-order valence-electron chi connectivity index (χ4n) is 3.27. The number of halogens is 1. The molecule has 0 saturated carbocycles. The van der Waals surface area contributed by atoms with Crippen LogP contribution >= 0.6 is 11.8 Å². The first kappa shape index (κ1) is 22.8. The van der Waals surface area contributed by atoms with Gasteiger partial charge in [0.15, 0.2) is 0 Å². The van der Waals surface area contributed by atoms with E-state index in [0.29, 0.717) is 29.2 Å². The van der Waals surface area contributed by atoms with Crippen LogP contribution in [-0.4, -0.2) is 25.5 Å². The third kappa shape index (κ3) is 5.52. The van der Waals surface area contributed by atoms with Crippen molar-refractivity contribution < 1.29 is 21.9 Å². The van der Waals surface area contributed by atoms with Crippen LogP contribution in [-0.2, 0) is 21.6 Å². The predicted octanol–water partition coefficient (Wildman–Crippen LogP) is 4.64. The summed E-state index contributed by atoms with van der Waals surface area (Å²) in [5, 5.41) is 8.51. The van der Waals surface area contributed by atoms with Crippen LogP contribution in [0.15, 0.2) is 76.5 Å². The van der Waals surface area contributed by atoms with E-state index < -0.39 is 15.1 Å². The van der Waals surface area contributed by atoms with E-state index in [2.05, 4.69) is 16.0 Å². The van der Waals surface area contributed by atoms with Gasteiger partial charge in [-0.25, -0.2) is 0 Å². The third-order valence-electron chi connectivity index (χ3n) is 4.97. The quantitative estimate of drug-likeness (QED) is 0.440. The number of fused-ring (bicyclic) bond motifs is 1. The number of hydrogen-bond acceptors (Lipinski definition) is 6. The van der Waals surface area contributed by atoms with Crippen molar-refractivity contribution in [2.75, 3.05) is 16.0 Å². The molecule has 3 aromatic rings. The summed E-state index contributed by atoms with van der Waals surface area (Å²) in [4.78, 5) is 25.1. The summed E-state index contributed by atoms with van der Waals surface area (Å²) in [5.74, 6) is -0.415. The number of benzene rings is 3. The highest BCUT2D eigenvalue weighted by Crippen LogP contribution is 2.36.